The standard InChI is InChI=1S/C21H25Cl2N3O4S/c1-30-15-8-6-14(7-9-15)19-5-3-2-4-10-26(19)13-20(27)25-21-17(22)11-16(12-18(21)23)31(24,28)29/h6-9,11-12,19H,2-5,10,13H2,1H3,(H,25,27)(H2,24,28,29)/t19-/m1/s1. The topological polar surface area (TPSA) is 102 Å². The quantitative estimate of drug-likeness (QED) is 0.637. The van der Waals surface area contributed by atoms with Crippen molar-refractivity contribution in [2.24, 2.45) is 5.14 Å². The molecule has 0 aliphatic carbocycles. The second-order valence-corrected chi connectivity index (χ2v) is 9.84. The minimum absolute atomic E-state index is 0.00689. The summed E-state index contributed by atoms with van der Waals surface area (Å²) >= 11 is 12.3. The number of rotatable bonds is 6. The largest absolute Gasteiger partial charge is 0.497 e. The van der Waals surface area contributed by atoms with E-state index in [9.17, 15) is 13.2 Å². The van der Waals surface area contributed by atoms with Crippen LogP contribution in [0.3, 0.4) is 0 Å². The summed E-state index contributed by atoms with van der Waals surface area (Å²) in [6, 6.07) is 10.3. The highest BCUT2D eigenvalue weighted by Crippen LogP contribution is 2.34. The maximum atomic E-state index is 12.8. The van der Waals surface area contributed by atoms with Gasteiger partial charge in [0.1, 0.15) is 5.75 Å². The molecule has 0 aromatic heterocycles. The SMILES string of the molecule is COc1ccc([C@H]2CCCCCN2CC(=O)Nc2c(Cl)cc(S(N)(=O)=O)cc2Cl)cc1. The Morgan fingerprint density at radius 2 is 1.81 bits per heavy atom. The molecule has 168 valence electrons. The molecular weight excluding hydrogens is 461 g/mol. The molecule has 7 nitrogen and oxygen atoms in total. The zero-order valence-electron chi connectivity index (χ0n) is 17.1. The molecule has 3 rings (SSSR count). The van der Waals surface area contributed by atoms with Gasteiger partial charge in [0.2, 0.25) is 15.9 Å². The Kier molecular flexibility index (Phi) is 7.82. The summed E-state index contributed by atoms with van der Waals surface area (Å²) in [5.41, 5.74) is 1.29. The van der Waals surface area contributed by atoms with E-state index in [0.29, 0.717) is 0 Å². The number of nitrogens with zero attached hydrogens (tertiary/aromatic N) is 1. The van der Waals surface area contributed by atoms with Crippen molar-refractivity contribution in [2.45, 2.75) is 36.6 Å². The molecule has 1 atom stereocenters. The number of hydrogen-bond acceptors (Lipinski definition) is 5. The molecular formula is C21H25Cl2N3O4S. The molecule has 1 saturated heterocycles. The Morgan fingerprint density at radius 1 is 1.16 bits per heavy atom. The predicted octanol–water partition coefficient (Wildman–Crippen LogP) is 4.21. The third-order valence-electron chi connectivity index (χ3n) is 5.32. The van der Waals surface area contributed by atoms with Crippen LogP contribution in [0.2, 0.25) is 10.0 Å². The van der Waals surface area contributed by atoms with Crippen molar-refractivity contribution in [3.05, 3.63) is 52.0 Å². The van der Waals surface area contributed by atoms with Gasteiger partial charge in [-0.15, -0.1) is 0 Å². The first-order valence-corrected chi connectivity index (χ1v) is 12.2. The van der Waals surface area contributed by atoms with Crippen LogP contribution in [0, 0.1) is 0 Å². The number of halogens is 2. The molecule has 1 fully saturated rings. The van der Waals surface area contributed by atoms with Gasteiger partial charge in [0.25, 0.3) is 0 Å². The number of methoxy groups -OCH3 is 1. The van der Waals surface area contributed by atoms with Crippen molar-refractivity contribution < 1.29 is 17.9 Å². The molecule has 0 unspecified atom stereocenters. The van der Waals surface area contributed by atoms with Crippen LogP contribution in [0.15, 0.2) is 41.3 Å². The Balaban J connectivity index is 1.77. The first-order chi connectivity index (χ1) is 14.7. The summed E-state index contributed by atoms with van der Waals surface area (Å²) in [7, 11) is -2.33. The number of carbonyl (C=O) groups excluding carboxylic acids is 1. The number of benzene rings is 2. The monoisotopic (exact) mass is 485 g/mol. The molecule has 10 heteroatoms. The summed E-state index contributed by atoms with van der Waals surface area (Å²) in [6.45, 7) is 0.941. The lowest BCUT2D eigenvalue weighted by atomic mass is 10.0. The molecule has 3 N–H and O–H groups in total. The van der Waals surface area contributed by atoms with Crippen molar-refractivity contribution in [1.29, 1.82) is 0 Å². The highest BCUT2D eigenvalue weighted by atomic mass is 35.5. The zero-order valence-corrected chi connectivity index (χ0v) is 19.4. The summed E-state index contributed by atoms with van der Waals surface area (Å²) < 4.78 is 28.3. The molecule has 31 heavy (non-hydrogen) atoms. The Morgan fingerprint density at radius 3 is 2.39 bits per heavy atom. The first-order valence-electron chi connectivity index (χ1n) is 9.88. The van der Waals surface area contributed by atoms with Crippen molar-refractivity contribution in [1.82, 2.24) is 4.90 Å². The summed E-state index contributed by atoms with van der Waals surface area (Å²) in [6.07, 6.45) is 4.15. The lowest BCUT2D eigenvalue weighted by Crippen LogP contribution is -2.36. The van der Waals surface area contributed by atoms with Crippen LogP contribution >= 0.6 is 23.2 Å². The molecule has 0 saturated carbocycles. The number of hydrogen-bond donors (Lipinski definition) is 2. The van der Waals surface area contributed by atoms with Crippen LogP contribution < -0.4 is 15.2 Å². The number of primary sulfonamides is 1. The molecule has 1 heterocycles. The van der Waals surface area contributed by atoms with E-state index >= 15 is 0 Å². The smallest absolute Gasteiger partial charge is 0.238 e. The first kappa shape index (κ1) is 23.8. The molecule has 1 aliphatic rings. The minimum atomic E-state index is -3.96. The van der Waals surface area contributed by atoms with Gasteiger partial charge in [-0.3, -0.25) is 9.69 Å². The summed E-state index contributed by atoms with van der Waals surface area (Å²) in [5, 5.41) is 7.85. The van der Waals surface area contributed by atoms with Gasteiger partial charge in [0.15, 0.2) is 0 Å². The van der Waals surface area contributed by atoms with Crippen LogP contribution in [-0.2, 0) is 14.8 Å². The van der Waals surface area contributed by atoms with Gasteiger partial charge in [0.05, 0.1) is 34.3 Å². The fourth-order valence-corrected chi connectivity index (χ4v) is 5.03. The zero-order chi connectivity index (χ0) is 22.6. The van der Waals surface area contributed by atoms with Crippen molar-refractivity contribution >= 4 is 44.8 Å². The molecule has 1 amide bonds. The number of likely N-dealkylation sites (tertiary alicyclic amines) is 1. The molecule has 1 aliphatic heterocycles. The van der Waals surface area contributed by atoms with Gasteiger partial charge in [0, 0.05) is 6.04 Å². The summed E-state index contributed by atoms with van der Waals surface area (Å²) in [5.74, 6) is 0.501. The van der Waals surface area contributed by atoms with E-state index in [-0.39, 0.29) is 39.1 Å². The number of ether oxygens (including phenoxy) is 1. The van der Waals surface area contributed by atoms with E-state index in [2.05, 4.69) is 10.2 Å². The van der Waals surface area contributed by atoms with Crippen LogP contribution in [0.25, 0.3) is 0 Å². The number of anilines is 1. The van der Waals surface area contributed by atoms with Gasteiger partial charge in [-0.25, -0.2) is 13.6 Å². The Bertz CT molecular complexity index is 1020. The lowest BCUT2D eigenvalue weighted by molar-refractivity contribution is -0.117. The number of nitrogens with two attached hydrogens (primary N) is 1. The van der Waals surface area contributed by atoms with Crippen LogP contribution in [0.1, 0.15) is 37.3 Å². The highest BCUT2D eigenvalue weighted by molar-refractivity contribution is 7.89. The number of carbonyl (C=O) groups is 1. The number of sulfonamides is 1. The predicted molar refractivity (Wildman–Crippen MR) is 122 cm³/mol. The molecule has 0 radical (unpaired) electrons. The van der Waals surface area contributed by atoms with Crippen molar-refractivity contribution in [3.8, 4) is 5.75 Å². The van der Waals surface area contributed by atoms with Gasteiger partial charge in [-0.1, -0.05) is 48.2 Å². The van der Waals surface area contributed by atoms with E-state index in [1.807, 2.05) is 24.3 Å². The van der Waals surface area contributed by atoms with E-state index in [0.717, 1.165) is 43.5 Å². The molecule has 2 aromatic carbocycles. The van der Waals surface area contributed by atoms with E-state index in [1.165, 1.54) is 12.1 Å². The van der Waals surface area contributed by atoms with Crippen molar-refractivity contribution in [3.63, 3.8) is 0 Å². The fraction of sp³-hybridized carbons (Fsp3) is 0.381. The molecule has 0 bridgehead atoms. The molecule has 2 aromatic rings. The molecule has 0 spiro atoms. The Labute approximate surface area is 192 Å². The maximum Gasteiger partial charge on any atom is 0.238 e. The second kappa shape index (κ2) is 10.2. The second-order valence-electron chi connectivity index (χ2n) is 7.46. The van der Waals surface area contributed by atoms with Crippen LogP contribution in [0.4, 0.5) is 5.69 Å². The highest BCUT2D eigenvalue weighted by Gasteiger charge is 2.25. The summed E-state index contributed by atoms with van der Waals surface area (Å²) in [4.78, 5) is 14.8. The average Bonchev–Trinajstić information content (AvgIpc) is 2.95. The fourth-order valence-electron chi connectivity index (χ4n) is 3.76. The van der Waals surface area contributed by atoms with Gasteiger partial charge >= 0.3 is 0 Å². The van der Waals surface area contributed by atoms with E-state index in [4.69, 9.17) is 33.1 Å². The van der Waals surface area contributed by atoms with Gasteiger partial charge in [-0.2, -0.15) is 0 Å². The van der Waals surface area contributed by atoms with E-state index < -0.39 is 10.0 Å². The average molecular weight is 486 g/mol. The number of nitrogens with one attached hydrogen (secondary N) is 1. The van der Waals surface area contributed by atoms with Crippen LogP contribution in [0.5, 0.6) is 5.75 Å². The Hall–Kier alpha value is -1.84. The normalized spacial score (nSPS) is 17.7. The van der Waals surface area contributed by atoms with Gasteiger partial charge in [-0.05, 0) is 49.2 Å². The van der Waals surface area contributed by atoms with Crippen LogP contribution in [-0.4, -0.2) is 39.4 Å². The van der Waals surface area contributed by atoms with Gasteiger partial charge < -0.3 is 10.1 Å². The number of amides is 1. The third kappa shape index (κ3) is 6.11. The maximum absolute atomic E-state index is 12.8. The lowest BCUT2D eigenvalue weighted by Gasteiger charge is -2.30. The third-order valence-corrected chi connectivity index (χ3v) is 6.81. The van der Waals surface area contributed by atoms with Crippen molar-refractivity contribution in [2.75, 3.05) is 25.5 Å². The minimum Gasteiger partial charge on any atom is -0.497 e. The van der Waals surface area contributed by atoms with E-state index in [1.54, 1.807) is 7.11 Å².